The second-order valence-corrected chi connectivity index (χ2v) is 5.05. The molecule has 3 heteroatoms. The van der Waals surface area contributed by atoms with Crippen LogP contribution < -0.4 is 10.5 Å². The molecule has 0 amide bonds. The average Bonchev–Trinajstić information content (AvgIpc) is 2.29. The Morgan fingerprint density at radius 1 is 1.41 bits per heavy atom. The van der Waals surface area contributed by atoms with Gasteiger partial charge in [0.2, 0.25) is 0 Å². The van der Waals surface area contributed by atoms with Crippen LogP contribution in [0.15, 0.2) is 12.1 Å². The van der Waals surface area contributed by atoms with E-state index in [4.69, 9.17) is 10.5 Å². The second kappa shape index (κ2) is 4.96. The smallest absolute Gasteiger partial charge is 0.142 e. The molecule has 1 aliphatic rings. The van der Waals surface area contributed by atoms with Gasteiger partial charge < -0.3 is 15.4 Å². The highest BCUT2D eigenvalue weighted by molar-refractivity contribution is 5.57. The summed E-state index contributed by atoms with van der Waals surface area (Å²) in [5.74, 6) is 1.42. The highest BCUT2D eigenvalue weighted by Crippen LogP contribution is 2.34. The first-order valence-electron chi connectivity index (χ1n) is 6.24. The molecule has 1 aromatic carbocycles. The van der Waals surface area contributed by atoms with Gasteiger partial charge in [-0.25, -0.2) is 0 Å². The van der Waals surface area contributed by atoms with Crippen LogP contribution in [0, 0.1) is 6.92 Å². The maximum Gasteiger partial charge on any atom is 0.142 e. The van der Waals surface area contributed by atoms with Crippen molar-refractivity contribution in [3.05, 3.63) is 23.3 Å². The van der Waals surface area contributed by atoms with Crippen LogP contribution in [0.25, 0.3) is 0 Å². The van der Waals surface area contributed by atoms with E-state index in [-0.39, 0.29) is 0 Å². The summed E-state index contributed by atoms with van der Waals surface area (Å²) in [5.41, 5.74) is 9.33. The lowest BCUT2D eigenvalue weighted by molar-refractivity contribution is 0.250. The molecule has 1 atom stereocenters. The van der Waals surface area contributed by atoms with Crippen molar-refractivity contribution >= 4 is 5.69 Å². The minimum atomic E-state index is 0.614. The SMILES string of the molecule is COc1cc(C2CCCN(C)C2)c(C)cc1N. The molecule has 1 aliphatic heterocycles. The molecule has 0 radical (unpaired) electrons. The molecule has 0 saturated carbocycles. The van der Waals surface area contributed by atoms with Crippen molar-refractivity contribution in [2.75, 3.05) is 33.0 Å². The molecular weight excluding hydrogens is 212 g/mol. The van der Waals surface area contributed by atoms with E-state index in [1.807, 2.05) is 6.07 Å². The molecule has 0 spiro atoms. The molecular formula is C14H22N2O. The Morgan fingerprint density at radius 3 is 2.82 bits per heavy atom. The summed E-state index contributed by atoms with van der Waals surface area (Å²) in [5, 5.41) is 0. The molecule has 2 N–H and O–H groups in total. The lowest BCUT2D eigenvalue weighted by Gasteiger charge is -2.31. The zero-order valence-electron chi connectivity index (χ0n) is 11.0. The Balaban J connectivity index is 2.30. The van der Waals surface area contributed by atoms with Crippen molar-refractivity contribution in [1.82, 2.24) is 4.90 Å². The van der Waals surface area contributed by atoms with Gasteiger partial charge in [-0.3, -0.25) is 0 Å². The van der Waals surface area contributed by atoms with Crippen LogP contribution in [-0.2, 0) is 0 Å². The van der Waals surface area contributed by atoms with Crippen LogP contribution in [0.3, 0.4) is 0 Å². The Morgan fingerprint density at radius 2 is 2.18 bits per heavy atom. The molecule has 2 rings (SSSR count). The summed E-state index contributed by atoms with van der Waals surface area (Å²) in [6.07, 6.45) is 2.53. The van der Waals surface area contributed by atoms with Crippen molar-refractivity contribution in [2.45, 2.75) is 25.7 Å². The number of benzene rings is 1. The zero-order valence-corrected chi connectivity index (χ0v) is 11.0. The van der Waals surface area contributed by atoms with Gasteiger partial charge in [0.25, 0.3) is 0 Å². The fourth-order valence-electron chi connectivity index (χ4n) is 2.76. The topological polar surface area (TPSA) is 38.5 Å². The van der Waals surface area contributed by atoms with Gasteiger partial charge in [-0.2, -0.15) is 0 Å². The van der Waals surface area contributed by atoms with Crippen LogP contribution in [-0.4, -0.2) is 32.1 Å². The summed E-state index contributed by atoms with van der Waals surface area (Å²) in [6.45, 7) is 4.48. The first kappa shape index (κ1) is 12.2. The summed E-state index contributed by atoms with van der Waals surface area (Å²) < 4.78 is 5.32. The molecule has 1 fully saturated rings. The molecule has 0 bridgehead atoms. The molecule has 1 unspecified atom stereocenters. The lowest BCUT2D eigenvalue weighted by atomic mass is 9.87. The van der Waals surface area contributed by atoms with Gasteiger partial charge in [-0.05, 0) is 62.5 Å². The Hall–Kier alpha value is -1.22. The van der Waals surface area contributed by atoms with Gasteiger partial charge in [0.15, 0.2) is 0 Å². The van der Waals surface area contributed by atoms with E-state index in [0.29, 0.717) is 5.92 Å². The van der Waals surface area contributed by atoms with Gasteiger partial charge in [0, 0.05) is 6.54 Å². The first-order valence-corrected chi connectivity index (χ1v) is 6.24. The standard InChI is InChI=1S/C14H22N2O/c1-10-7-13(15)14(17-3)8-12(10)11-5-4-6-16(2)9-11/h7-8,11H,4-6,9,15H2,1-3H3. The number of nitrogens with zero attached hydrogens (tertiary/aromatic N) is 1. The van der Waals surface area contributed by atoms with Gasteiger partial charge >= 0.3 is 0 Å². The molecule has 3 nitrogen and oxygen atoms in total. The monoisotopic (exact) mass is 234 g/mol. The number of piperidine rings is 1. The second-order valence-electron chi connectivity index (χ2n) is 5.05. The zero-order chi connectivity index (χ0) is 12.4. The van der Waals surface area contributed by atoms with E-state index in [9.17, 15) is 0 Å². The number of nitrogens with two attached hydrogens (primary N) is 1. The average molecular weight is 234 g/mol. The number of ether oxygens (including phenoxy) is 1. The Bertz CT molecular complexity index is 403. The maximum absolute atomic E-state index is 5.92. The number of nitrogen functional groups attached to an aromatic ring is 1. The number of hydrogen-bond acceptors (Lipinski definition) is 3. The predicted octanol–water partition coefficient (Wildman–Crippen LogP) is 2.40. The summed E-state index contributed by atoms with van der Waals surface area (Å²) in [7, 11) is 3.87. The van der Waals surface area contributed by atoms with Gasteiger partial charge in [-0.15, -0.1) is 0 Å². The van der Waals surface area contributed by atoms with Gasteiger partial charge in [-0.1, -0.05) is 0 Å². The fourth-order valence-corrected chi connectivity index (χ4v) is 2.76. The number of aryl methyl sites for hydroxylation is 1. The number of rotatable bonds is 2. The van der Waals surface area contributed by atoms with Crippen molar-refractivity contribution < 1.29 is 4.74 Å². The molecule has 1 heterocycles. The van der Waals surface area contributed by atoms with Gasteiger partial charge in [0.1, 0.15) is 5.75 Å². The highest BCUT2D eigenvalue weighted by atomic mass is 16.5. The summed E-state index contributed by atoms with van der Waals surface area (Å²) >= 11 is 0. The number of likely N-dealkylation sites (tertiary alicyclic amines) is 1. The number of likely N-dealkylation sites (N-methyl/N-ethyl adjacent to an activating group) is 1. The van der Waals surface area contributed by atoms with Crippen molar-refractivity contribution in [3.63, 3.8) is 0 Å². The van der Waals surface area contributed by atoms with Crippen LogP contribution in [0.4, 0.5) is 5.69 Å². The number of hydrogen-bond donors (Lipinski definition) is 1. The summed E-state index contributed by atoms with van der Waals surface area (Å²) in [6, 6.07) is 4.15. The highest BCUT2D eigenvalue weighted by Gasteiger charge is 2.21. The third-order valence-electron chi connectivity index (χ3n) is 3.68. The fraction of sp³-hybridized carbons (Fsp3) is 0.571. The van der Waals surface area contributed by atoms with Crippen molar-refractivity contribution in [1.29, 1.82) is 0 Å². The van der Waals surface area contributed by atoms with E-state index in [2.05, 4.69) is 24.9 Å². The molecule has 17 heavy (non-hydrogen) atoms. The van der Waals surface area contributed by atoms with Crippen molar-refractivity contribution in [2.24, 2.45) is 0 Å². The summed E-state index contributed by atoms with van der Waals surface area (Å²) in [4.78, 5) is 2.40. The molecule has 0 aliphatic carbocycles. The largest absolute Gasteiger partial charge is 0.495 e. The number of anilines is 1. The van der Waals surface area contributed by atoms with Gasteiger partial charge in [0.05, 0.1) is 12.8 Å². The molecule has 0 aromatic heterocycles. The lowest BCUT2D eigenvalue weighted by Crippen LogP contribution is -2.31. The predicted molar refractivity (Wildman–Crippen MR) is 71.6 cm³/mol. The molecule has 1 saturated heterocycles. The molecule has 1 aromatic rings. The normalized spacial score (nSPS) is 21.5. The van der Waals surface area contributed by atoms with Crippen LogP contribution in [0.1, 0.15) is 29.9 Å². The third-order valence-corrected chi connectivity index (χ3v) is 3.68. The molecule has 94 valence electrons. The third kappa shape index (κ3) is 2.55. The maximum atomic E-state index is 5.92. The van der Waals surface area contributed by atoms with Crippen LogP contribution in [0.5, 0.6) is 5.75 Å². The van der Waals surface area contributed by atoms with E-state index in [1.54, 1.807) is 7.11 Å². The van der Waals surface area contributed by atoms with E-state index < -0.39 is 0 Å². The number of methoxy groups -OCH3 is 1. The Labute approximate surface area is 104 Å². The first-order chi connectivity index (χ1) is 8.11. The quantitative estimate of drug-likeness (QED) is 0.799. The van der Waals surface area contributed by atoms with E-state index in [1.165, 1.54) is 30.5 Å². The Kier molecular flexibility index (Phi) is 3.57. The van der Waals surface area contributed by atoms with Crippen molar-refractivity contribution in [3.8, 4) is 5.75 Å². The minimum Gasteiger partial charge on any atom is -0.495 e. The van der Waals surface area contributed by atoms with Crippen LogP contribution in [0.2, 0.25) is 0 Å². The minimum absolute atomic E-state index is 0.614. The van der Waals surface area contributed by atoms with E-state index in [0.717, 1.165) is 18.0 Å². The van der Waals surface area contributed by atoms with E-state index >= 15 is 0 Å². The van der Waals surface area contributed by atoms with Crippen LogP contribution >= 0.6 is 0 Å².